The summed E-state index contributed by atoms with van der Waals surface area (Å²) < 4.78 is 6.86. The average molecular weight is 426 g/mol. The topological polar surface area (TPSA) is 93.0 Å². The number of nitrogens with zero attached hydrogens (tertiary/aromatic N) is 3. The fourth-order valence-electron chi connectivity index (χ4n) is 3.62. The Bertz CT molecular complexity index is 1140. The third-order valence-corrected chi connectivity index (χ3v) is 5.95. The highest BCUT2D eigenvalue weighted by atomic mass is 32.1. The number of methoxy groups -OCH3 is 1. The van der Waals surface area contributed by atoms with Crippen LogP contribution >= 0.6 is 11.3 Å². The van der Waals surface area contributed by atoms with Crippen LogP contribution in [0.5, 0.6) is 5.75 Å². The third kappa shape index (κ3) is 4.35. The fraction of sp³-hybridized carbons (Fsp3) is 0.333. The standard InChI is InChI=1S/C21H22N4O4S/c1-29-16-4-2-3-14(11-16)13-24-8-7-15(5-6-19(24)27)22-20(28)17-12-18(26)23-21-25(17)9-10-30-21/h2-4,9-12,15H,5-8,13H2,1H3,(H,22,28). The number of ether oxygens (including phenoxy) is 1. The first kappa shape index (κ1) is 20.1. The van der Waals surface area contributed by atoms with Gasteiger partial charge < -0.3 is 15.0 Å². The first-order valence-electron chi connectivity index (χ1n) is 9.72. The number of hydrogen-bond donors (Lipinski definition) is 1. The molecule has 4 rings (SSSR count). The minimum atomic E-state index is -0.442. The molecule has 156 valence electrons. The maximum atomic E-state index is 12.8. The van der Waals surface area contributed by atoms with Crippen molar-refractivity contribution in [1.82, 2.24) is 19.6 Å². The molecule has 1 aromatic carbocycles. The highest BCUT2D eigenvalue weighted by Crippen LogP contribution is 2.19. The van der Waals surface area contributed by atoms with Crippen molar-refractivity contribution in [3.05, 3.63) is 63.5 Å². The average Bonchev–Trinajstić information content (AvgIpc) is 3.15. The molecule has 0 bridgehead atoms. The molecule has 2 aromatic heterocycles. The van der Waals surface area contributed by atoms with Crippen molar-refractivity contribution in [3.8, 4) is 5.75 Å². The van der Waals surface area contributed by atoms with Gasteiger partial charge in [0.2, 0.25) is 5.91 Å². The molecule has 0 spiro atoms. The molecule has 1 aliphatic heterocycles. The number of carbonyl (C=O) groups excluding carboxylic acids is 2. The molecular weight excluding hydrogens is 404 g/mol. The maximum Gasteiger partial charge on any atom is 0.274 e. The molecule has 3 aromatic rings. The molecule has 30 heavy (non-hydrogen) atoms. The van der Waals surface area contributed by atoms with E-state index in [9.17, 15) is 14.4 Å². The summed E-state index contributed by atoms with van der Waals surface area (Å²) in [6.07, 6.45) is 3.28. The Balaban J connectivity index is 1.43. The molecule has 0 aliphatic carbocycles. The Labute approximate surface area is 177 Å². The minimum Gasteiger partial charge on any atom is -0.497 e. The molecule has 1 N–H and O–H groups in total. The molecule has 1 atom stereocenters. The Morgan fingerprint density at radius 3 is 3.00 bits per heavy atom. The SMILES string of the molecule is COc1cccc(CN2CCC(NC(=O)c3cc(=O)nc4sccn34)CCC2=O)c1. The highest BCUT2D eigenvalue weighted by Gasteiger charge is 2.25. The minimum absolute atomic E-state index is 0.0647. The number of rotatable bonds is 5. The first-order chi connectivity index (χ1) is 14.5. The van der Waals surface area contributed by atoms with Gasteiger partial charge in [-0.2, -0.15) is 4.98 Å². The second-order valence-electron chi connectivity index (χ2n) is 7.20. The summed E-state index contributed by atoms with van der Waals surface area (Å²) in [6, 6.07) is 8.76. The monoisotopic (exact) mass is 426 g/mol. The van der Waals surface area contributed by atoms with Crippen molar-refractivity contribution in [2.24, 2.45) is 0 Å². The van der Waals surface area contributed by atoms with Crippen LogP contribution in [0.3, 0.4) is 0 Å². The Kier molecular flexibility index (Phi) is 5.80. The van der Waals surface area contributed by atoms with Crippen molar-refractivity contribution in [3.63, 3.8) is 0 Å². The van der Waals surface area contributed by atoms with Crippen molar-refractivity contribution < 1.29 is 14.3 Å². The van der Waals surface area contributed by atoms with Gasteiger partial charge in [-0.3, -0.25) is 18.8 Å². The number of amides is 2. The summed E-state index contributed by atoms with van der Waals surface area (Å²) in [6.45, 7) is 1.05. The molecule has 1 unspecified atom stereocenters. The van der Waals surface area contributed by atoms with E-state index in [1.54, 1.807) is 23.1 Å². The van der Waals surface area contributed by atoms with Gasteiger partial charge in [0.05, 0.1) is 7.11 Å². The van der Waals surface area contributed by atoms with Crippen molar-refractivity contribution in [1.29, 1.82) is 0 Å². The Morgan fingerprint density at radius 1 is 1.30 bits per heavy atom. The lowest BCUT2D eigenvalue weighted by atomic mass is 10.1. The lowest BCUT2D eigenvalue weighted by molar-refractivity contribution is -0.131. The van der Waals surface area contributed by atoms with Crippen LogP contribution in [0.1, 0.15) is 35.3 Å². The maximum absolute atomic E-state index is 12.8. The van der Waals surface area contributed by atoms with E-state index in [1.165, 1.54) is 17.4 Å². The largest absolute Gasteiger partial charge is 0.497 e. The smallest absolute Gasteiger partial charge is 0.274 e. The number of nitrogens with one attached hydrogen (secondary N) is 1. The number of carbonyl (C=O) groups is 2. The van der Waals surface area contributed by atoms with E-state index in [4.69, 9.17) is 4.74 Å². The van der Waals surface area contributed by atoms with Gasteiger partial charge in [-0.05, 0) is 30.5 Å². The second kappa shape index (κ2) is 8.66. The van der Waals surface area contributed by atoms with Gasteiger partial charge in [0.15, 0.2) is 4.96 Å². The number of aromatic nitrogens is 2. The molecule has 9 heteroatoms. The third-order valence-electron chi connectivity index (χ3n) is 5.20. The molecule has 0 saturated carbocycles. The van der Waals surface area contributed by atoms with E-state index in [1.807, 2.05) is 29.2 Å². The molecule has 8 nitrogen and oxygen atoms in total. The zero-order valence-electron chi connectivity index (χ0n) is 16.5. The van der Waals surface area contributed by atoms with Gasteiger partial charge in [-0.1, -0.05) is 12.1 Å². The van der Waals surface area contributed by atoms with Gasteiger partial charge in [0, 0.05) is 43.2 Å². The van der Waals surface area contributed by atoms with Gasteiger partial charge in [0.25, 0.3) is 11.5 Å². The number of thiazole rings is 1. The molecule has 2 amide bonds. The van der Waals surface area contributed by atoms with Crippen molar-refractivity contribution >= 4 is 28.1 Å². The van der Waals surface area contributed by atoms with E-state index in [2.05, 4.69) is 10.3 Å². The highest BCUT2D eigenvalue weighted by molar-refractivity contribution is 7.15. The lowest BCUT2D eigenvalue weighted by Crippen LogP contribution is -2.37. The zero-order chi connectivity index (χ0) is 21.1. The molecule has 3 heterocycles. The molecular formula is C21H22N4O4S. The number of hydrogen-bond acceptors (Lipinski definition) is 6. The van der Waals surface area contributed by atoms with E-state index in [-0.39, 0.29) is 23.6 Å². The fourth-order valence-corrected chi connectivity index (χ4v) is 4.34. The predicted octanol–water partition coefficient (Wildman–Crippen LogP) is 2.08. The van der Waals surface area contributed by atoms with E-state index in [0.29, 0.717) is 37.3 Å². The van der Waals surface area contributed by atoms with Crippen molar-refractivity contribution in [2.75, 3.05) is 13.7 Å². The van der Waals surface area contributed by atoms with Crippen LogP contribution in [0.2, 0.25) is 0 Å². The van der Waals surface area contributed by atoms with Crippen LogP contribution in [0.15, 0.2) is 46.7 Å². The van der Waals surface area contributed by atoms with Crippen LogP contribution in [0.4, 0.5) is 0 Å². The van der Waals surface area contributed by atoms with E-state index >= 15 is 0 Å². The normalized spacial score (nSPS) is 17.0. The van der Waals surface area contributed by atoms with Gasteiger partial charge >= 0.3 is 0 Å². The summed E-state index contributed by atoms with van der Waals surface area (Å²) in [4.78, 5) is 43.4. The summed E-state index contributed by atoms with van der Waals surface area (Å²) in [5.74, 6) is 0.490. The van der Waals surface area contributed by atoms with Gasteiger partial charge in [-0.15, -0.1) is 11.3 Å². The van der Waals surface area contributed by atoms with Crippen LogP contribution in [0.25, 0.3) is 4.96 Å². The van der Waals surface area contributed by atoms with Crippen LogP contribution in [-0.4, -0.2) is 45.8 Å². The van der Waals surface area contributed by atoms with Crippen LogP contribution in [0, 0.1) is 0 Å². The lowest BCUT2D eigenvalue weighted by Gasteiger charge is -2.21. The van der Waals surface area contributed by atoms with Crippen LogP contribution < -0.4 is 15.6 Å². The first-order valence-corrected chi connectivity index (χ1v) is 10.6. The molecule has 1 aliphatic rings. The molecule has 1 saturated heterocycles. The van der Waals surface area contributed by atoms with Gasteiger partial charge in [0.1, 0.15) is 11.4 Å². The molecule has 0 radical (unpaired) electrons. The Morgan fingerprint density at radius 2 is 2.17 bits per heavy atom. The zero-order valence-corrected chi connectivity index (χ0v) is 17.4. The quantitative estimate of drug-likeness (QED) is 0.674. The van der Waals surface area contributed by atoms with Crippen molar-refractivity contribution in [2.45, 2.75) is 31.8 Å². The predicted molar refractivity (Wildman–Crippen MR) is 113 cm³/mol. The summed E-state index contributed by atoms with van der Waals surface area (Å²) >= 11 is 1.30. The van der Waals surface area contributed by atoms with E-state index < -0.39 is 5.56 Å². The summed E-state index contributed by atoms with van der Waals surface area (Å²) in [5.41, 5.74) is 0.819. The number of fused-ring (bicyclic) bond motifs is 1. The molecule has 1 fully saturated rings. The summed E-state index contributed by atoms with van der Waals surface area (Å²) in [5, 5.41) is 4.76. The summed E-state index contributed by atoms with van der Waals surface area (Å²) in [7, 11) is 1.62. The van der Waals surface area contributed by atoms with Crippen LogP contribution in [-0.2, 0) is 11.3 Å². The van der Waals surface area contributed by atoms with Gasteiger partial charge in [-0.25, -0.2) is 0 Å². The Hall–Kier alpha value is -3.20. The number of benzene rings is 1. The number of likely N-dealkylation sites (tertiary alicyclic amines) is 1. The second-order valence-corrected chi connectivity index (χ2v) is 8.07. The van der Waals surface area contributed by atoms with E-state index in [0.717, 1.165) is 11.3 Å².